The van der Waals surface area contributed by atoms with E-state index in [9.17, 15) is 0 Å². The maximum atomic E-state index is 5.51. The van der Waals surface area contributed by atoms with E-state index in [0.29, 0.717) is 12.6 Å². The minimum absolute atomic E-state index is 0.113. The van der Waals surface area contributed by atoms with Crippen LogP contribution >= 0.6 is 0 Å². The van der Waals surface area contributed by atoms with Crippen LogP contribution in [-0.4, -0.2) is 24.2 Å². The molecular formula is C15H26N2O. The molecule has 1 aromatic heterocycles. The van der Waals surface area contributed by atoms with Crippen molar-refractivity contribution in [3.63, 3.8) is 0 Å². The molecule has 18 heavy (non-hydrogen) atoms. The average molecular weight is 250 g/mol. The van der Waals surface area contributed by atoms with Crippen molar-refractivity contribution in [1.29, 1.82) is 0 Å². The van der Waals surface area contributed by atoms with Gasteiger partial charge in [-0.3, -0.25) is 4.98 Å². The number of ether oxygens (including phenoxy) is 1. The van der Waals surface area contributed by atoms with Gasteiger partial charge in [0.1, 0.15) is 5.75 Å². The largest absolute Gasteiger partial charge is 0.492 e. The summed E-state index contributed by atoms with van der Waals surface area (Å²) in [5.74, 6) is 0.861. The molecule has 0 saturated heterocycles. The first-order chi connectivity index (χ1) is 8.45. The highest BCUT2D eigenvalue weighted by Crippen LogP contribution is 2.28. The van der Waals surface area contributed by atoms with Gasteiger partial charge >= 0.3 is 0 Å². The summed E-state index contributed by atoms with van der Waals surface area (Å²) in [6.07, 6.45) is 4.80. The minimum Gasteiger partial charge on any atom is -0.492 e. The predicted octanol–water partition coefficient (Wildman–Crippen LogP) is 3.15. The van der Waals surface area contributed by atoms with E-state index in [2.05, 4.69) is 44.1 Å². The van der Waals surface area contributed by atoms with E-state index in [0.717, 1.165) is 18.7 Å². The van der Waals surface area contributed by atoms with Crippen LogP contribution in [0, 0.1) is 0 Å². The number of hydrogen-bond donors (Lipinski definition) is 1. The zero-order valence-corrected chi connectivity index (χ0v) is 12.3. The quantitative estimate of drug-likeness (QED) is 0.807. The van der Waals surface area contributed by atoms with E-state index < -0.39 is 0 Å². The minimum atomic E-state index is 0.113. The zero-order chi connectivity index (χ0) is 13.6. The number of aromatic nitrogens is 1. The number of hydrogen-bond acceptors (Lipinski definition) is 3. The predicted molar refractivity (Wildman–Crippen MR) is 76.2 cm³/mol. The normalized spacial score (nSPS) is 11.9. The molecule has 1 N–H and O–H groups in total. The van der Waals surface area contributed by atoms with Crippen LogP contribution < -0.4 is 10.1 Å². The van der Waals surface area contributed by atoms with Gasteiger partial charge in [0.25, 0.3) is 0 Å². The summed E-state index contributed by atoms with van der Waals surface area (Å²) in [6, 6.07) is 2.64. The third-order valence-electron chi connectivity index (χ3n) is 3.11. The highest BCUT2D eigenvalue weighted by atomic mass is 16.5. The van der Waals surface area contributed by atoms with Gasteiger partial charge < -0.3 is 10.1 Å². The summed E-state index contributed by atoms with van der Waals surface area (Å²) in [7, 11) is 0. The second-order valence-corrected chi connectivity index (χ2v) is 5.59. The Morgan fingerprint density at radius 3 is 2.67 bits per heavy atom. The average Bonchev–Trinajstić information content (AvgIpc) is 2.29. The second-order valence-electron chi connectivity index (χ2n) is 5.59. The maximum Gasteiger partial charge on any atom is 0.137 e. The Bertz CT molecular complexity index is 361. The lowest BCUT2D eigenvalue weighted by atomic mass is 9.82. The molecule has 3 heteroatoms. The van der Waals surface area contributed by atoms with E-state index in [1.165, 1.54) is 5.56 Å². The van der Waals surface area contributed by atoms with Gasteiger partial charge in [0, 0.05) is 12.2 Å². The molecule has 0 radical (unpaired) electrons. The molecule has 1 rings (SSSR count). The van der Waals surface area contributed by atoms with E-state index in [1.807, 2.05) is 13.1 Å². The molecule has 0 aliphatic rings. The van der Waals surface area contributed by atoms with Crippen molar-refractivity contribution in [2.75, 3.05) is 13.2 Å². The van der Waals surface area contributed by atoms with Crippen LogP contribution in [0.4, 0.5) is 0 Å². The van der Waals surface area contributed by atoms with Crippen LogP contribution in [0.25, 0.3) is 0 Å². The summed E-state index contributed by atoms with van der Waals surface area (Å²) >= 11 is 0. The smallest absolute Gasteiger partial charge is 0.137 e. The summed E-state index contributed by atoms with van der Waals surface area (Å²) in [6.45, 7) is 12.5. The lowest BCUT2D eigenvalue weighted by Gasteiger charge is -2.26. The molecule has 0 aliphatic carbocycles. The van der Waals surface area contributed by atoms with Gasteiger partial charge in [-0.15, -0.1) is 0 Å². The molecule has 0 spiro atoms. The molecule has 0 unspecified atom stereocenters. The highest BCUT2D eigenvalue weighted by molar-refractivity contribution is 5.29. The number of pyridine rings is 1. The highest BCUT2D eigenvalue weighted by Gasteiger charge is 2.21. The maximum absolute atomic E-state index is 5.51. The molecule has 0 aromatic carbocycles. The van der Waals surface area contributed by atoms with Crippen molar-refractivity contribution < 1.29 is 4.74 Å². The van der Waals surface area contributed by atoms with Gasteiger partial charge in [0.05, 0.1) is 12.8 Å². The van der Waals surface area contributed by atoms with E-state index in [1.54, 1.807) is 6.20 Å². The lowest BCUT2D eigenvalue weighted by Crippen LogP contribution is -2.29. The van der Waals surface area contributed by atoms with Crippen LogP contribution in [-0.2, 0) is 5.41 Å². The van der Waals surface area contributed by atoms with Crippen molar-refractivity contribution in [3.05, 3.63) is 24.0 Å². The van der Waals surface area contributed by atoms with Crippen molar-refractivity contribution in [2.24, 2.45) is 0 Å². The third-order valence-corrected chi connectivity index (χ3v) is 3.11. The Labute approximate surface area is 111 Å². The molecule has 0 saturated carbocycles. The molecule has 3 nitrogen and oxygen atoms in total. The molecule has 0 aliphatic heterocycles. The summed E-state index contributed by atoms with van der Waals surface area (Å²) in [5.41, 5.74) is 1.35. The SMILES string of the molecule is CCOc1cncc(C(C)(C)CCNC(C)C)c1. The Hall–Kier alpha value is -1.09. The standard InChI is InChI=1S/C15H26N2O/c1-6-18-14-9-13(10-16-11-14)15(4,5)7-8-17-12(2)3/h9-12,17H,6-8H2,1-5H3. The molecule has 0 bridgehead atoms. The molecule has 102 valence electrons. The van der Waals surface area contributed by atoms with Crippen molar-refractivity contribution in [3.8, 4) is 5.75 Å². The van der Waals surface area contributed by atoms with Gasteiger partial charge in [0.2, 0.25) is 0 Å². The number of rotatable bonds is 7. The van der Waals surface area contributed by atoms with Crippen LogP contribution in [0.3, 0.4) is 0 Å². The monoisotopic (exact) mass is 250 g/mol. The second kappa shape index (κ2) is 6.74. The summed E-state index contributed by atoms with van der Waals surface area (Å²) in [5, 5.41) is 3.46. The first-order valence-corrected chi connectivity index (χ1v) is 6.77. The van der Waals surface area contributed by atoms with Gasteiger partial charge in [0.15, 0.2) is 0 Å². The van der Waals surface area contributed by atoms with Gasteiger partial charge in [-0.05, 0) is 36.9 Å². The molecule has 0 amide bonds. The first-order valence-electron chi connectivity index (χ1n) is 6.77. The van der Waals surface area contributed by atoms with E-state index >= 15 is 0 Å². The van der Waals surface area contributed by atoms with Crippen LogP contribution in [0.2, 0.25) is 0 Å². The van der Waals surface area contributed by atoms with E-state index in [4.69, 9.17) is 4.74 Å². The molecule has 0 atom stereocenters. The number of nitrogens with one attached hydrogen (secondary N) is 1. The van der Waals surface area contributed by atoms with Gasteiger partial charge in [-0.25, -0.2) is 0 Å². The fourth-order valence-electron chi connectivity index (χ4n) is 1.85. The van der Waals surface area contributed by atoms with Crippen LogP contribution in [0.5, 0.6) is 5.75 Å². The molecule has 0 fully saturated rings. The Kier molecular flexibility index (Phi) is 5.60. The Morgan fingerprint density at radius 1 is 1.33 bits per heavy atom. The first kappa shape index (κ1) is 15.0. The van der Waals surface area contributed by atoms with Crippen molar-refractivity contribution in [1.82, 2.24) is 10.3 Å². The summed E-state index contributed by atoms with van der Waals surface area (Å²) in [4.78, 5) is 4.27. The van der Waals surface area contributed by atoms with Gasteiger partial charge in [-0.2, -0.15) is 0 Å². The van der Waals surface area contributed by atoms with Gasteiger partial charge in [-0.1, -0.05) is 27.7 Å². The van der Waals surface area contributed by atoms with Crippen LogP contribution in [0.1, 0.15) is 46.6 Å². The Balaban J connectivity index is 2.67. The topological polar surface area (TPSA) is 34.1 Å². The molecule has 1 heterocycles. The van der Waals surface area contributed by atoms with Crippen molar-refractivity contribution >= 4 is 0 Å². The Morgan fingerprint density at radius 2 is 2.06 bits per heavy atom. The lowest BCUT2D eigenvalue weighted by molar-refractivity contribution is 0.336. The fraction of sp³-hybridized carbons (Fsp3) is 0.667. The van der Waals surface area contributed by atoms with Crippen molar-refractivity contribution in [2.45, 2.75) is 52.5 Å². The van der Waals surface area contributed by atoms with E-state index in [-0.39, 0.29) is 5.41 Å². The number of nitrogens with zero attached hydrogens (tertiary/aromatic N) is 1. The summed E-state index contributed by atoms with van der Waals surface area (Å²) < 4.78 is 5.51. The molecule has 1 aromatic rings. The third kappa shape index (κ3) is 4.65. The van der Waals surface area contributed by atoms with Crippen LogP contribution in [0.15, 0.2) is 18.5 Å². The molecular weight excluding hydrogens is 224 g/mol. The zero-order valence-electron chi connectivity index (χ0n) is 12.3. The fourth-order valence-corrected chi connectivity index (χ4v) is 1.85.